The van der Waals surface area contributed by atoms with Crippen molar-refractivity contribution in [3.63, 3.8) is 0 Å². The molecule has 0 saturated carbocycles. The number of benzene rings is 1. The molecule has 0 spiro atoms. The van der Waals surface area contributed by atoms with Crippen molar-refractivity contribution in [2.45, 2.75) is 6.42 Å². The van der Waals surface area contributed by atoms with Gasteiger partial charge in [0.15, 0.2) is 0 Å². The lowest BCUT2D eigenvalue weighted by Gasteiger charge is -2.05. The minimum Gasteiger partial charge on any atom is -0.352 e. The van der Waals surface area contributed by atoms with Gasteiger partial charge in [0.2, 0.25) is 0 Å². The van der Waals surface area contributed by atoms with E-state index in [1.54, 1.807) is 24.3 Å². The normalized spacial score (nSPS) is 9.73. The van der Waals surface area contributed by atoms with Gasteiger partial charge < -0.3 is 5.32 Å². The molecule has 0 atom stereocenters. The summed E-state index contributed by atoms with van der Waals surface area (Å²) in [5.74, 6) is -0.158. The summed E-state index contributed by atoms with van der Waals surface area (Å²) in [6.45, 7) is 4.15. The molecule has 1 aromatic rings. The van der Waals surface area contributed by atoms with E-state index in [0.717, 1.165) is 10.9 Å². The summed E-state index contributed by atoms with van der Waals surface area (Å²) < 4.78 is 0.857. The molecule has 2 nitrogen and oxygen atoms in total. The number of rotatable bonds is 4. The average molecular weight is 289 g/mol. The molecule has 1 rings (SSSR count). The van der Waals surface area contributed by atoms with E-state index in [0.29, 0.717) is 17.1 Å². The van der Waals surface area contributed by atoms with Gasteiger partial charge in [-0.05, 0) is 24.6 Å². The molecule has 15 heavy (non-hydrogen) atoms. The predicted molar refractivity (Wildman–Crippen MR) is 66.3 cm³/mol. The first-order valence-electron chi connectivity index (χ1n) is 4.49. The summed E-state index contributed by atoms with van der Waals surface area (Å²) in [7, 11) is 0. The van der Waals surface area contributed by atoms with Crippen LogP contribution < -0.4 is 5.32 Å². The number of carbonyl (C=O) groups excluding carboxylic acids is 1. The van der Waals surface area contributed by atoms with Crippen LogP contribution in [-0.4, -0.2) is 12.5 Å². The summed E-state index contributed by atoms with van der Waals surface area (Å²) in [6, 6.07) is 5.17. The molecular weight excluding hydrogens is 277 g/mol. The van der Waals surface area contributed by atoms with Crippen molar-refractivity contribution in [1.29, 1.82) is 0 Å². The molecule has 0 bridgehead atoms. The van der Waals surface area contributed by atoms with Crippen LogP contribution in [0.1, 0.15) is 16.8 Å². The molecule has 1 N–H and O–H groups in total. The maximum atomic E-state index is 11.6. The molecule has 1 amide bonds. The molecular formula is C11H11BrClNO. The van der Waals surface area contributed by atoms with Gasteiger partial charge in [0.25, 0.3) is 5.91 Å². The van der Waals surface area contributed by atoms with Crippen LogP contribution in [0.5, 0.6) is 0 Å². The second-order valence-corrected chi connectivity index (χ2v) is 4.28. The summed E-state index contributed by atoms with van der Waals surface area (Å²) in [6.07, 6.45) is 2.50. The minimum absolute atomic E-state index is 0.158. The highest BCUT2D eigenvalue weighted by molar-refractivity contribution is 9.10. The van der Waals surface area contributed by atoms with Gasteiger partial charge in [0.05, 0.1) is 10.6 Å². The van der Waals surface area contributed by atoms with Gasteiger partial charge in [-0.1, -0.05) is 33.6 Å². The standard InChI is InChI=1S/C11H11BrClNO/c1-2-3-6-14-11(15)9-5-4-8(12)7-10(9)13/h2,4-5,7H,1,3,6H2,(H,14,15). The van der Waals surface area contributed by atoms with Crippen LogP contribution >= 0.6 is 27.5 Å². The zero-order valence-electron chi connectivity index (χ0n) is 8.09. The van der Waals surface area contributed by atoms with Crippen molar-refractivity contribution in [3.8, 4) is 0 Å². The number of nitrogens with one attached hydrogen (secondary N) is 1. The van der Waals surface area contributed by atoms with Crippen molar-refractivity contribution in [3.05, 3.63) is 45.9 Å². The SMILES string of the molecule is C=CCCNC(=O)c1ccc(Br)cc1Cl. The van der Waals surface area contributed by atoms with Crippen LogP contribution in [0, 0.1) is 0 Å². The quantitative estimate of drug-likeness (QED) is 0.667. The molecule has 80 valence electrons. The van der Waals surface area contributed by atoms with Crippen molar-refractivity contribution < 1.29 is 4.79 Å². The molecule has 0 fully saturated rings. The van der Waals surface area contributed by atoms with Gasteiger partial charge in [-0.25, -0.2) is 0 Å². The van der Waals surface area contributed by atoms with Crippen molar-refractivity contribution in [1.82, 2.24) is 5.32 Å². The third-order valence-corrected chi connectivity index (χ3v) is 2.62. The van der Waals surface area contributed by atoms with Crippen LogP contribution in [0.2, 0.25) is 5.02 Å². The van der Waals surface area contributed by atoms with Crippen molar-refractivity contribution in [2.75, 3.05) is 6.54 Å². The van der Waals surface area contributed by atoms with E-state index >= 15 is 0 Å². The Hall–Kier alpha value is -0.800. The molecule has 0 aromatic heterocycles. The Morgan fingerprint density at radius 3 is 2.93 bits per heavy atom. The number of carbonyl (C=O) groups is 1. The van der Waals surface area contributed by atoms with Crippen LogP contribution in [0.25, 0.3) is 0 Å². The smallest absolute Gasteiger partial charge is 0.252 e. The van der Waals surface area contributed by atoms with Gasteiger partial charge >= 0.3 is 0 Å². The fourth-order valence-corrected chi connectivity index (χ4v) is 1.82. The fraction of sp³-hybridized carbons (Fsp3) is 0.182. The van der Waals surface area contributed by atoms with Gasteiger partial charge in [0.1, 0.15) is 0 Å². The zero-order valence-corrected chi connectivity index (χ0v) is 10.4. The lowest BCUT2D eigenvalue weighted by Crippen LogP contribution is -2.24. The molecule has 0 aliphatic rings. The van der Waals surface area contributed by atoms with Gasteiger partial charge in [0, 0.05) is 11.0 Å². The monoisotopic (exact) mass is 287 g/mol. The van der Waals surface area contributed by atoms with E-state index in [1.807, 2.05) is 0 Å². The first kappa shape index (κ1) is 12.3. The Labute approximate surface area is 102 Å². The molecule has 0 aliphatic heterocycles. The number of hydrogen-bond acceptors (Lipinski definition) is 1. The summed E-state index contributed by atoms with van der Waals surface area (Å²) in [5.41, 5.74) is 0.490. The number of halogens is 2. The van der Waals surface area contributed by atoms with Crippen molar-refractivity contribution in [2.24, 2.45) is 0 Å². The maximum Gasteiger partial charge on any atom is 0.252 e. The Bertz CT molecular complexity index is 379. The largest absolute Gasteiger partial charge is 0.352 e. The second kappa shape index (κ2) is 5.93. The molecule has 0 radical (unpaired) electrons. The molecule has 0 heterocycles. The van der Waals surface area contributed by atoms with E-state index < -0.39 is 0 Å². The fourth-order valence-electron chi connectivity index (χ4n) is 1.06. The molecule has 1 aromatic carbocycles. The zero-order chi connectivity index (χ0) is 11.3. The van der Waals surface area contributed by atoms with Gasteiger partial charge in [-0.15, -0.1) is 6.58 Å². The third kappa shape index (κ3) is 3.68. The van der Waals surface area contributed by atoms with Crippen LogP contribution in [0.3, 0.4) is 0 Å². The minimum atomic E-state index is -0.158. The highest BCUT2D eigenvalue weighted by atomic mass is 79.9. The number of amides is 1. The second-order valence-electron chi connectivity index (χ2n) is 2.96. The summed E-state index contributed by atoms with van der Waals surface area (Å²) in [4.78, 5) is 11.6. The van der Waals surface area contributed by atoms with E-state index in [9.17, 15) is 4.79 Å². The Morgan fingerprint density at radius 2 is 2.33 bits per heavy atom. The Morgan fingerprint density at radius 1 is 1.60 bits per heavy atom. The van der Waals surface area contributed by atoms with Crippen molar-refractivity contribution >= 4 is 33.4 Å². The van der Waals surface area contributed by atoms with Crippen LogP contribution in [0.4, 0.5) is 0 Å². The molecule has 4 heteroatoms. The first-order valence-corrected chi connectivity index (χ1v) is 5.66. The molecule has 0 saturated heterocycles. The number of hydrogen-bond donors (Lipinski definition) is 1. The third-order valence-electron chi connectivity index (χ3n) is 1.81. The van der Waals surface area contributed by atoms with E-state index in [2.05, 4.69) is 27.8 Å². The lowest BCUT2D eigenvalue weighted by molar-refractivity contribution is 0.0954. The molecule has 0 aliphatic carbocycles. The highest BCUT2D eigenvalue weighted by Gasteiger charge is 2.09. The summed E-state index contributed by atoms with van der Waals surface area (Å²) in [5, 5.41) is 3.20. The Kier molecular flexibility index (Phi) is 4.85. The Balaban J connectivity index is 2.69. The lowest BCUT2D eigenvalue weighted by atomic mass is 10.2. The van der Waals surface area contributed by atoms with E-state index in [1.165, 1.54) is 0 Å². The molecule has 0 unspecified atom stereocenters. The van der Waals surface area contributed by atoms with Gasteiger partial charge in [-0.2, -0.15) is 0 Å². The highest BCUT2D eigenvalue weighted by Crippen LogP contribution is 2.21. The van der Waals surface area contributed by atoms with Crippen LogP contribution in [0.15, 0.2) is 35.3 Å². The predicted octanol–water partition coefficient (Wildman–Crippen LogP) is 3.41. The summed E-state index contributed by atoms with van der Waals surface area (Å²) >= 11 is 9.21. The first-order chi connectivity index (χ1) is 7.15. The van der Waals surface area contributed by atoms with Crippen LogP contribution in [-0.2, 0) is 0 Å². The maximum absolute atomic E-state index is 11.6. The van der Waals surface area contributed by atoms with Gasteiger partial charge in [-0.3, -0.25) is 4.79 Å². The average Bonchev–Trinajstić information content (AvgIpc) is 2.17. The topological polar surface area (TPSA) is 29.1 Å². The van der Waals surface area contributed by atoms with E-state index in [4.69, 9.17) is 11.6 Å². The van der Waals surface area contributed by atoms with E-state index in [-0.39, 0.29) is 5.91 Å².